The molecule has 0 spiro atoms. The Bertz CT molecular complexity index is 1010. The van der Waals surface area contributed by atoms with Crippen molar-refractivity contribution in [3.63, 3.8) is 0 Å². The first-order valence-electron chi connectivity index (χ1n) is 8.58. The summed E-state index contributed by atoms with van der Waals surface area (Å²) in [5.74, 6) is -1.58. The number of carbonyl (C=O) groups excluding carboxylic acids is 2. The van der Waals surface area contributed by atoms with Gasteiger partial charge >= 0.3 is 5.97 Å². The second-order valence-electron chi connectivity index (χ2n) is 6.19. The zero-order chi connectivity index (χ0) is 21.2. The predicted octanol–water partition coefficient (Wildman–Crippen LogP) is 2.86. The Morgan fingerprint density at radius 2 is 2.00 bits per heavy atom. The van der Waals surface area contributed by atoms with Gasteiger partial charge in [-0.1, -0.05) is 29.8 Å². The maximum absolute atomic E-state index is 13.1. The van der Waals surface area contributed by atoms with Gasteiger partial charge in [0.2, 0.25) is 0 Å². The summed E-state index contributed by atoms with van der Waals surface area (Å²) in [7, 11) is 0. The molecule has 1 unspecified atom stereocenters. The molecular formula is C19H16ClN3O6. The summed E-state index contributed by atoms with van der Waals surface area (Å²) < 4.78 is 4.93. The Kier molecular flexibility index (Phi) is 5.62. The Morgan fingerprint density at radius 3 is 2.62 bits per heavy atom. The van der Waals surface area contributed by atoms with Gasteiger partial charge in [-0.05, 0) is 25.1 Å². The minimum absolute atomic E-state index is 0.0690. The van der Waals surface area contributed by atoms with E-state index in [-0.39, 0.29) is 35.6 Å². The highest BCUT2D eigenvalue weighted by atomic mass is 35.5. The van der Waals surface area contributed by atoms with Crippen LogP contribution in [-0.4, -0.2) is 39.2 Å². The fourth-order valence-corrected chi connectivity index (χ4v) is 3.03. The fraction of sp³-hybridized carbons (Fsp3) is 0.211. The quantitative estimate of drug-likeness (QED) is 0.453. The molecule has 29 heavy (non-hydrogen) atoms. The maximum Gasteiger partial charge on any atom is 0.354 e. The number of hydrogen-bond acceptors (Lipinski definition) is 7. The second-order valence-corrected chi connectivity index (χ2v) is 6.63. The Labute approximate surface area is 170 Å². The lowest BCUT2D eigenvalue weighted by atomic mass is 9.96. The Morgan fingerprint density at radius 1 is 1.31 bits per heavy atom. The van der Waals surface area contributed by atoms with E-state index in [1.54, 1.807) is 6.92 Å². The molecule has 0 aromatic heterocycles. The summed E-state index contributed by atoms with van der Waals surface area (Å²) in [4.78, 5) is 35.6. The Hall–Kier alpha value is -3.30. The van der Waals surface area contributed by atoms with Crippen LogP contribution in [0.4, 0.5) is 5.69 Å². The van der Waals surface area contributed by atoms with Crippen molar-refractivity contribution in [1.29, 1.82) is 0 Å². The van der Waals surface area contributed by atoms with E-state index in [0.717, 1.165) is 11.1 Å². The number of non-ortho nitro benzene ring substituents is 1. The monoisotopic (exact) mass is 417 g/mol. The van der Waals surface area contributed by atoms with Crippen molar-refractivity contribution in [1.82, 2.24) is 5.01 Å². The molecular weight excluding hydrogens is 402 g/mol. The zero-order valence-corrected chi connectivity index (χ0v) is 16.0. The predicted molar refractivity (Wildman–Crippen MR) is 103 cm³/mol. The number of aliphatic hydroxyl groups is 1. The van der Waals surface area contributed by atoms with Gasteiger partial charge in [-0.2, -0.15) is 10.1 Å². The molecule has 1 heterocycles. The van der Waals surface area contributed by atoms with Gasteiger partial charge in [0.25, 0.3) is 11.6 Å². The molecule has 3 rings (SSSR count). The lowest BCUT2D eigenvalue weighted by molar-refractivity contribution is -0.384. The molecule has 1 aliphatic rings. The molecule has 1 amide bonds. The number of benzene rings is 2. The third kappa shape index (κ3) is 3.96. The SMILES string of the molecule is CCOC(=O)C1=NN(C(=O)c2cccc([N+](=O)[O-])c2)C(O)(c2ccc(Cl)cc2)C1. The summed E-state index contributed by atoms with van der Waals surface area (Å²) in [6.45, 7) is 1.71. The third-order valence-corrected chi connectivity index (χ3v) is 4.55. The molecule has 9 nitrogen and oxygen atoms in total. The Balaban J connectivity index is 2.05. The maximum atomic E-state index is 13.1. The highest BCUT2D eigenvalue weighted by Gasteiger charge is 2.48. The van der Waals surface area contributed by atoms with Gasteiger partial charge in [-0.15, -0.1) is 0 Å². The van der Waals surface area contributed by atoms with Crippen molar-refractivity contribution >= 4 is 34.9 Å². The average molecular weight is 418 g/mol. The third-order valence-electron chi connectivity index (χ3n) is 4.30. The minimum Gasteiger partial charge on any atom is -0.461 e. The molecule has 1 atom stereocenters. The van der Waals surface area contributed by atoms with E-state index in [2.05, 4.69) is 5.10 Å². The number of hydrazone groups is 1. The standard InChI is InChI=1S/C19H16ClN3O6/c1-2-29-18(25)16-11-19(26,13-6-8-14(20)9-7-13)22(21-16)17(24)12-4-3-5-15(10-12)23(27)28/h3-10,26H,2,11H2,1H3. The number of carbonyl (C=O) groups is 2. The van der Waals surface area contributed by atoms with Crippen LogP contribution in [0.25, 0.3) is 0 Å². The molecule has 0 fully saturated rings. The lowest BCUT2D eigenvalue weighted by Gasteiger charge is -2.31. The van der Waals surface area contributed by atoms with E-state index in [1.165, 1.54) is 42.5 Å². The summed E-state index contributed by atoms with van der Waals surface area (Å²) in [5, 5.41) is 27.5. The normalized spacial score (nSPS) is 18.3. The number of nitrogens with zero attached hydrogens (tertiary/aromatic N) is 3. The molecule has 1 aliphatic heterocycles. The molecule has 0 aliphatic carbocycles. The second kappa shape index (κ2) is 7.98. The van der Waals surface area contributed by atoms with Gasteiger partial charge in [-0.3, -0.25) is 14.9 Å². The number of amides is 1. The smallest absolute Gasteiger partial charge is 0.354 e. The average Bonchev–Trinajstić information content (AvgIpc) is 3.07. The van der Waals surface area contributed by atoms with Crippen LogP contribution >= 0.6 is 11.6 Å². The van der Waals surface area contributed by atoms with Crippen LogP contribution in [0.3, 0.4) is 0 Å². The topological polar surface area (TPSA) is 122 Å². The van der Waals surface area contributed by atoms with Crippen LogP contribution < -0.4 is 0 Å². The first kappa shape index (κ1) is 20.4. The van der Waals surface area contributed by atoms with E-state index < -0.39 is 22.5 Å². The van der Waals surface area contributed by atoms with Crippen molar-refractivity contribution in [3.05, 3.63) is 74.8 Å². The molecule has 0 bridgehead atoms. The van der Waals surface area contributed by atoms with Crippen LogP contribution in [-0.2, 0) is 15.3 Å². The molecule has 0 saturated heterocycles. The van der Waals surface area contributed by atoms with Gasteiger partial charge in [0.1, 0.15) is 0 Å². The van der Waals surface area contributed by atoms with Crippen molar-refractivity contribution in [2.45, 2.75) is 19.1 Å². The molecule has 2 aromatic carbocycles. The number of hydrogen-bond donors (Lipinski definition) is 1. The van der Waals surface area contributed by atoms with Crippen LogP contribution in [0, 0.1) is 10.1 Å². The van der Waals surface area contributed by atoms with E-state index in [4.69, 9.17) is 16.3 Å². The van der Waals surface area contributed by atoms with Gasteiger partial charge in [0.05, 0.1) is 18.0 Å². The first-order valence-corrected chi connectivity index (χ1v) is 8.96. The highest BCUT2D eigenvalue weighted by molar-refractivity contribution is 6.37. The fourth-order valence-electron chi connectivity index (χ4n) is 2.90. The number of rotatable bonds is 5. The van der Waals surface area contributed by atoms with Crippen LogP contribution in [0.5, 0.6) is 0 Å². The first-order chi connectivity index (χ1) is 13.8. The molecule has 2 aromatic rings. The highest BCUT2D eigenvalue weighted by Crippen LogP contribution is 2.37. The van der Waals surface area contributed by atoms with Crippen LogP contribution in [0.1, 0.15) is 29.3 Å². The molecule has 0 saturated carbocycles. The molecule has 10 heteroatoms. The van der Waals surface area contributed by atoms with Crippen LogP contribution in [0.2, 0.25) is 5.02 Å². The van der Waals surface area contributed by atoms with Gasteiger partial charge in [0, 0.05) is 28.3 Å². The number of nitro groups is 1. The van der Waals surface area contributed by atoms with Crippen molar-refractivity contribution < 1.29 is 24.4 Å². The van der Waals surface area contributed by atoms with E-state index >= 15 is 0 Å². The van der Waals surface area contributed by atoms with E-state index in [9.17, 15) is 24.8 Å². The number of halogens is 1. The summed E-state index contributed by atoms with van der Waals surface area (Å²) >= 11 is 5.90. The van der Waals surface area contributed by atoms with Crippen LogP contribution in [0.15, 0.2) is 53.6 Å². The summed E-state index contributed by atoms with van der Waals surface area (Å²) in [5.41, 5.74) is -2.24. The number of esters is 1. The summed E-state index contributed by atoms with van der Waals surface area (Å²) in [6, 6.07) is 11.1. The van der Waals surface area contributed by atoms with Gasteiger partial charge in [0.15, 0.2) is 11.4 Å². The number of nitro benzene ring substituents is 1. The van der Waals surface area contributed by atoms with Crippen molar-refractivity contribution in [3.8, 4) is 0 Å². The largest absolute Gasteiger partial charge is 0.461 e. The molecule has 0 radical (unpaired) electrons. The molecule has 1 N–H and O–H groups in total. The zero-order valence-electron chi connectivity index (χ0n) is 15.2. The minimum atomic E-state index is -1.99. The number of ether oxygens (including phenoxy) is 1. The van der Waals surface area contributed by atoms with Crippen molar-refractivity contribution in [2.75, 3.05) is 6.61 Å². The van der Waals surface area contributed by atoms with Crippen molar-refractivity contribution in [2.24, 2.45) is 5.10 Å². The van der Waals surface area contributed by atoms with Gasteiger partial charge < -0.3 is 9.84 Å². The van der Waals surface area contributed by atoms with E-state index in [1.807, 2.05) is 0 Å². The van der Waals surface area contributed by atoms with Gasteiger partial charge in [-0.25, -0.2) is 4.79 Å². The summed E-state index contributed by atoms with van der Waals surface area (Å²) in [6.07, 6.45) is -0.311. The molecule has 150 valence electrons. The lowest BCUT2D eigenvalue weighted by Crippen LogP contribution is -2.43. The van der Waals surface area contributed by atoms with E-state index in [0.29, 0.717) is 5.02 Å².